The van der Waals surface area contributed by atoms with Crippen molar-refractivity contribution in [3.63, 3.8) is 0 Å². The first-order chi connectivity index (χ1) is 8.24. The number of hydrogen-bond donors (Lipinski definition) is 1. The van der Waals surface area contributed by atoms with Gasteiger partial charge in [-0.05, 0) is 6.42 Å². The summed E-state index contributed by atoms with van der Waals surface area (Å²) >= 11 is 0. The molecule has 1 amide bonds. The monoisotopic (exact) mass is 235 g/mol. The molecule has 0 aliphatic rings. The van der Waals surface area contributed by atoms with Gasteiger partial charge in [-0.3, -0.25) is 9.59 Å². The summed E-state index contributed by atoms with van der Waals surface area (Å²) in [5.74, 6) is -0.197. The molecule has 0 aromatic heterocycles. The maximum atomic E-state index is 11.6. The van der Waals surface area contributed by atoms with Crippen LogP contribution in [0.1, 0.15) is 23.2 Å². The predicted octanol–water partition coefficient (Wildman–Crippen LogP) is 1.41. The molecule has 0 aliphatic carbocycles. The SMILES string of the molecule is COCCCC(=O)NCC(=O)c1ccccc1. The van der Waals surface area contributed by atoms with Crippen LogP contribution in [0, 0.1) is 0 Å². The molecule has 0 radical (unpaired) electrons. The van der Waals surface area contributed by atoms with Gasteiger partial charge in [0.1, 0.15) is 0 Å². The van der Waals surface area contributed by atoms with E-state index in [0.29, 0.717) is 25.0 Å². The van der Waals surface area contributed by atoms with Crippen molar-refractivity contribution in [2.45, 2.75) is 12.8 Å². The minimum Gasteiger partial charge on any atom is -0.385 e. The number of carbonyl (C=O) groups is 2. The first-order valence-electron chi connectivity index (χ1n) is 5.58. The minimum atomic E-state index is -0.119. The van der Waals surface area contributed by atoms with Gasteiger partial charge < -0.3 is 10.1 Å². The van der Waals surface area contributed by atoms with E-state index in [2.05, 4.69) is 5.32 Å². The van der Waals surface area contributed by atoms with E-state index >= 15 is 0 Å². The topological polar surface area (TPSA) is 55.4 Å². The molecule has 92 valence electrons. The van der Waals surface area contributed by atoms with Crippen LogP contribution < -0.4 is 5.32 Å². The smallest absolute Gasteiger partial charge is 0.220 e. The summed E-state index contributed by atoms with van der Waals surface area (Å²) in [7, 11) is 1.59. The van der Waals surface area contributed by atoms with Crippen LogP contribution >= 0.6 is 0 Å². The van der Waals surface area contributed by atoms with Gasteiger partial charge in [0.25, 0.3) is 0 Å². The van der Waals surface area contributed by atoms with Crippen LogP contribution in [-0.4, -0.2) is 32.0 Å². The molecule has 17 heavy (non-hydrogen) atoms. The molecule has 0 heterocycles. The standard InChI is InChI=1S/C13H17NO3/c1-17-9-5-8-13(16)14-10-12(15)11-6-3-2-4-7-11/h2-4,6-7H,5,8-10H2,1H3,(H,14,16). The molecule has 0 fully saturated rings. The van der Waals surface area contributed by atoms with E-state index in [4.69, 9.17) is 4.74 Å². The lowest BCUT2D eigenvalue weighted by Gasteiger charge is -2.04. The van der Waals surface area contributed by atoms with E-state index in [1.54, 1.807) is 31.4 Å². The van der Waals surface area contributed by atoms with Gasteiger partial charge >= 0.3 is 0 Å². The van der Waals surface area contributed by atoms with Gasteiger partial charge in [-0.15, -0.1) is 0 Å². The van der Waals surface area contributed by atoms with Crippen LogP contribution in [0.2, 0.25) is 0 Å². The van der Waals surface area contributed by atoms with Crippen LogP contribution in [0.5, 0.6) is 0 Å². The highest BCUT2D eigenvalue weighted by Crippen LogP contribution is 1.99. The Kier molecular flexibility index (Phi) is 5.96. The van der Waals surface area contributed by atoms with Crippen molar-refractivity contribution in [1.29, 1.82) is 0 Å². The zero-order valence-electron chi connectivity index (χ0n) is 9.94. The summed E-state index contributed by atoms with van der Waals surface area (Å²) in [6.45, 7) is 0.607. The second kappa shape index (κ2) is 7.57. The molecule has 0 aliphatic heterocycles. The number of methoxy groups -OCH3 is 1. The Morgan fingerprint density at radius 2 is 1.94 bits per heavy atom. The third-order valence-electron chi connectivity index (χ3n) is 2.29. The fourth-order valence-electron chi connectivity index (χ4n) is 1.37. The first-order valence-corrected chi connectivity index (χ1v) is 5.58. The van der Waals surface area contributed by atoms with Gasteiger partial charge in [-0.25, -0.2) is 0 Å². The number of carbonyl (C=O) groups excluding carboxylic acids is 2. The number of Topliss-reactive ketones (excluding diaryl/α,β-unsaturated/α-hetero) is 1. The van der Waals surface area contributed by atoms with Crippen molar-refractivity contribution in [2.24, 2.45) is 0 Å². The van der Waals surface area contributed by atoms with E-state index in [9.17, 15) is 9.59 Å². The molecule has 0 saturated carbocycles. The molecule has 1 rings (SSSR count). The largest absolute Gasteiger partial charge is 0.385 e. The lowest BCUT2D eigenvalue weighted by atomic mass is 10.1. The molecule has 4 heteroatoms. The summed E-state index contributed by atoms with van der Waals surface area (Å²) in [4.78, 5) is 23.0. The molecule has 0 unspecified atom stereocenters. The molecule has 1 aromatic rings. The lowest BCUT2D eigenvalue weighted by Crippen LogP contribution is -2.29. The van der Waals surface area contributed by atoms with Crippen molar-refractivity contribution in [3.05, 3.63) is 35.9 Å². The fraction of sp³-hybridized carbons (Fsp3) is 0.385. The molecule has 0 saturated heterocycles. The van der Waals surface area contributed by atoms with Gasteiger partial charge in [0.2, 0.25) is 5.91 Å². The highest BCUT2D eigenvalue weighted by atomic mass is 16.5. The van der Waals surface area contributed by atoms with Crippen LogP contribution in [-0.2, 0) is 9.53 Å². The normalized spacial score (nSPS) is 9.94. The second-order valence-electron chi connectivity index (χ2n) is 3.66. The molecule has 0 atom stereocenters. The van der Waals surface area contributed by atoms with Crippen molar-refractivity contribution in [3.8, 4) is 0 Å². The van der Waals surface area contributed by atoms with Gasteiger partial charge in [-0.1, -0.05) is 30.3 Å². The molecule has 4 nitrogen and oxygen atoms in total. The molecule has 1 aromatic carbocycles. The van der Waals surface area contributed by atoms with Crippen LogP contribution in [0.15, 0.2) is 30.3 Å². The minimum absolute atomic E-state index is 0.0514. The summed E-state index contributed by atoms with van der Waals surface area (Å²) in [5.41, 5.74) is 0.615. The number of rotatable bonds is 7. The zero-order chi connectivity index (χ0) is 12.5. The van der Waals surface area contributed by atoms with E-state index in [0.717, 1.165) is 0 Å². The summed E-state index contributed by atoms with van der Waals surface area (Å²) in [6.07, 6.45) is 1.05. The number of benzene rings is 1. The fourth-order valence-corrected chi connectivity index (χ4v) is 1.37. The van der Waals surface area contributed by atoms with Gasteiger partial charge in [0.15, 0.2) is 5.78 Å². The lowest BCUT2D eigenvalue weighted by molar-refractivity contribution is -0.121. The first kappa shape index (κ1) is 13.4. The highest BCUT2D eigenvalue weighted by Gasteiger charge is 2.07. The molecule has 1 N–H and O–H groups in total. The van der Waals surface area contributed by atoms with Crippen molar-refractivity contribution in [1.82, 2.24) is 5.32 Å². The average molecular weight is 235 g/mol. The molecule has 0 spiro atoms. The predicted molar refractivity (Wildman–Crippen MR) is 64.9 cm³/mol. The highest BCUT2D eigenvalue weighted by molar-refractivity contribution is 5.99. The Balaban J connectivity index is 2.26. The van der Waals surface area contributed by atoms with E-state index in [1.807, 2.05) is 6.07 Å². The number of ketones is 1. The summed E-state index contributed by atoms with van der Waals surface area (Å²) < 4.78 is 4.84. The Labute approximate surface area is 101 Å². The van der Waals surface area contributed by atoms with Crippen molar-refractivity contribution < 1.29 is 14.3 Å². The number of amides is 1. The summed E-state index contributed by atoms with van der Waals surface area (Å²) in [6, 6.07) is 8.92. The third-order valence-corrected chi connectivity index (χ3v) is 2.29. The third kappa shape index (κ3) is 5.26. The zero-order valence-corrected chi connectivity index (χ0v) is 9.94. The molecular weight excluding hydrogens is 218 g/mol. The average Bonchev–Trinajstić information content (AvgIpc) is 2.37. The van der Waals surface area contributed by atoms with Crippen molar-refractivity contribution in [2.75, 3.05) is 20.3 Å². The Bertz CT molecular complexity index is 362. The van der Waals surface area contributed by atoms with E-state index < -0.39 is 0 Å². The van der Waals surface area contributed by atoms with Crippen LogP contribution in [0.25, 0.3) is 0 Å². The Morgan fingerprint density at radius 3 is 2.59 bits per heavy atom. The van der Waals surface area contributed by atoms with E-state index in [1.165, 1.54) is 0 Å². The molecule has 0 bridgehead atoms. The molecular formula is C13H17NO3. The van der Waals surface area contributed by atoms with Gasteiger partial charge in [0.05, 0.1) is 6.54 Å². The number of hydrogen-bond acceptors (Lipinski definition) is 3. The van der Waals surface area contributed by atoms with Crippen LogP contribution in [0.4, 0.5) is 0 Å². The number of nitrogens with one attached hydrogen (secondary N) is 1. The Morgan fingerprint density at radius 1 is 1.24 bits per heavy atom. The maximum absolute atomic E-state index is 11.6. The van der Waals surface area contributed by atoms with Gasteiger partial charge in [0, 0.05) is 25.7 Å². The number of ether oxygens (including phenoxy) is 1. The quantitative estimate of drug-likeness (QED) is 0.574. The van der Waals surface area contributed by atoms with E-state index in [-0.39, 0.29) is 18.2 Å². The summed E-state index contributed by atoms with van der Waals surface area (Å²) in [5, 5.41) is 2.60. The van der Waals surface area contributed by atoms with Crippen molar-refractivity contribution >= 4 is 11.7 Å². The maximum Gasteiger partial charge on any atom is 0.220 e. The second-order valence-corrected chi connectivity index (χ2v) is 3.66. The van der Waals surface area contributed by atoms with Crippen LogP contribution in [0.3, 0.4) is 0 Å². The van der Waals surface area contributed by atoms with Gasteiger partial charge in [-0.2, -0.15) is 0 Å². The Hall–Kier alpha value is -1.68.